The highest BCUT2D eigenvalue weighted by Gasteiger charge is 2.24. The van der Waals surface area contributed by atoms with Crippen molar-refractivity contribution in [3.05, 3.63) is 71.7 Å². The number of benzene rings is 1. The fourth-order valence-corrected chi connectivity index (χ4v) is 3.97. The minimum atomic E-state index is -0.0998. The Morgan fingerprint density at radius 3 is 2.86 bits per heavy atom. The van der Waals surface area contributed by atoms with E-state index < -0.39 is 0 Å². The molecule has 8 nitrogen and oxygen atoms in total. The first-order chi connectivity index (χ1) is 17.0. The van der Waals surface area contributed by atoms with Gasteiger partial charge in [-0.15, -0.1) is 0 Å². The Hall–Kier alpha value is -4.20. The van der Waals surface area contributed by atoms with Gasteiger partial charge in [0.1, 0.15) is 17.2 Å². The third kappa shape index (κ3) is 5.16. The van der Waals surface area contributed by atoms with E-state index in [9.17, 15) is 9.59 Å². The van der Waals surface area contributed by atoms with E-state index in [1.807, 2.05) is 38.2 Å². The molecule has 0 atom stereocenters. The van der Waals surface area contributed by atoms with Crippen LogP contribution in [-0.2, 0) is 6.54 Å². The molecule has 0 radical (unpaired) electrons. The Labute approximate surface area is 203 Å². The van der Waals surface area contributed by atoms with Gasteiger partial charge in [-0.05, 0) is 74.2 Å². The number of nitrogens with one attached hydrogen (secondary N) is 3. The van der Waals surface area contributed by atoms with Gasteiger partial charge in [0, 0.05) is 42.1 Å². The largest absolute Gasteiger partial charge is 0.491 e. The number of H-pyrrole nitrogens is 1. The van der Waals surface area contributed by atoms with Crippen molar-refractivity contribution >= 4 is 29.0 Å². The van der Waals surface area contributed by atoms with Gasteiger partial charge >= 0.3 is 0 Å². The Morgan fingerprint density at radius 2 is 2.09 bits per heavy atom. The third-order valence-corrected chi connectivity index (χ3v) is 5.78. The van der Waals surface area contributed by atoms with Gasteiger partial charge in [0.25, 0.3) is 5.91 Å². The van der Waals surface area contributed by atoms with Gasteiger partial charge in [0.15, 0.2) is 6.29 Å². The van der Waals surface area contributed by atoms with Gasteiger partial charge in [0.2, 0.25) is 0 Å². The first kappa shape index (κ1) is 22.6. The number of aldehydes is 1. The fourth-order valence-electron chi connectivity index (χ4n) is 3.97. The summed E-state index contributed by atoms with van der Waals surface area (Å²) in [5.41, 5.74) is 4.58. The van der Waals surface area contributed by atoms with Gasteiger partial charge in [-0.25, -0.2) is 9.97 Å². The number of anilines is 1. The molecule has 1 saturated carbocycles. The summed E-state index contributed by atoms with van der Waals surface area (Å²) in [6.45, 7) is 4.42. The molecule has 35 heavy (non-hydrogen) atoms. The van der Waals surface area contributed by atoms with Crippen LogP contribution in [0.3, 0.4) is 0 Å². The van der Waals surface area contributed by atoms with Crippen LogP contribution >= 0.6 is 0 Å². The van der Waals surface area contributed by atoms with E-state index in [1.54, 1.807) is 24.5 Å². The topological polar surface area (TPSA) is 109 Å². The molecule has 3 N–H and O–H groups in total. The van der Waals surface area contributed by atoms with Gasteiger partial charge < -0.3 is 20.4 Å². The summed E-state index contributed by atoms with van der Waals surface area (Å²) in [4.78, 5) is 35.9. The van der Waals surface area contributed by atoms with Crippen molar-refractivity contribution in [1.82, 2.24) is 20.3 Å². The molecule has 1 amide bonds. The number of aromatic nitrogens is 3. The monoisotopic (exact) mass is 469 g/mol. The number of ether oxygens (including phenoxy) is 1. The molecular weight excluding hydrogens is 442 g/mol. The predicted octanol–water partition coefficient (Wildman–Crippen LogP) is 4.73. The molecule has 1 aliphatic rings. The van der Waals surface area contributed by atoms with Gasteiger partial charge in [0.05, 0.1) is 17.2 Å². The molecule has 3 heterocycles. The first-order valence-electron chi connectivity index (χ1n) is 11.7. The zero-order valence-electron chi connectivity index (χ0n) is 19.7. The van der Waals surface area contributed by atoms with Crippen LogP contribution < -0.4 is 15.4 Å². The molecule has 1 fully saturated rings. The zero-order chi connectivity index (χ0) is 24.4. The van der Waals surface area contributed by atoms with Crippen molar-refractivity contribution in [3.63, 3.8) is 0 Å². The lowest BCUT2D eigenvalue weighted by molar-refractivity contribution is 0.0950. The minimum absolute atomic E-state index is 0.00544. The number of amides is 1. The Bertz CT molecular complexity index is 1390. The van der Waals surface area contributed by atoms with E-state index in [1.165, 1.54) is 0 Å². The summed E-state index contributed by atoms with van der Waals surface area (Å²) in [7, 11) is 0. The fraction of sp³-hybridized carbons (Fsp3) is 0.259. The van der Waals surface area contributed by atoms with Crippen molar-refractivity contribution in [3.8, 4) is 16.9 Å². The first-order valence-corrected chi connectivity index (χ1v) is 11.7. The Morgan fingerprint density at radius 1 is 1.23 bits per heavy atom. The standard InChI is InChI=1S/C27H27N5O3/c1-16(2)35-22-9-17(12-29-25-18(15-33)4-3-7-28-25)8-19(10-22)24-14-31-26-23(24)11-20(13-30-26)27(34)32-21-5-6-21/h3-4,7-11,13-16,21H,5-6,12H2,1-2H3,(H,28,29)(H,30,31)(H,32,34). The number of fused-ring (bicyclic) bond motifs is 1. The quantitative estimate of drug-likeness (QED) is 0.306. The third-order valence-electron chi connectivity index (χ3n) is 5.78. The van der Waals surface area contributed by atoms with Crippen LogP contribution in [0.1, 0.15) is 53.0 Å². The van der Waals surface area contributed by atoms with Crippen molar-refractivity contribution < 1.29 is 14.3 Å². The highest BCUT2D eigenvalue weighted by Crippen LogP contribution is 2.33. The molecule has 1 aromatic carbocycles. The highest BCUT2D eigenvalue weighted by atomic mass is 16.5. The minimum Gasteiger partial charge on any atom is -0.491 e. The van der Waals surface area contributed by atoms with Crippen LogP contribution in [0.5, 0.6) is 5.75 Å². The number of carbonyl (C=O) groups is 2. The van der Waals surface area contributed by atoms with E-state index in [4.69, 9.17) is 4.74 Å². The van der Waals surface area contributed by atoms with E-state index >= 15 is 0 Å². The molecule has 8 heteroatoms. The summed E-state index contributed by atoms with van der Waals surface area (Å²) in [5, 5.41) is 7.13. The van der Waals surface area contributed by atoms with Crippen LogP contribution in [0.2, 0.25) is 0 Å². The lowest BCUT2D eigenvalue weighted by Crippen LogP contribution is -2.25. The summed E-state index contributed by atoms with van der Waals surface area (Å²) in [6, 6.07) is 11.6. The number of hydrogen-bond acceptors (Lipinski definition) is 6. The van der Waals surface area contributed by atoms with Gasteiger partial charge in [-0.2, -0.15) is 0 Å². The lowest BCUT2D eigenvalue weighted by Gasteiger charge is -2.14. The van der Waals surface area contributed by atoms with Crippen LogP contribution in [-0.4, -0.2) is 39.3 Å². The molecule has 0 spiro atoms. The van der Waals surface area contributed by atoms with Crippen LogP contribution in [0, 0.1) is 0 Å². The van der Waals surface area contributed by atoms with Crippen molar-refractivity contribution in [2.24, 2.45) is 0 Å². The number of hydrogen-bond donors (Lipinski definition) is 3. The molecule has 4 aromatic rings. The van der Waals surface area contributed by atoms with Crippen molar-refractivity contribution in [2.75, 3.05) is 5.32 Å². The average molecular weight is 470 g/mol. The summed E-state index contributed by atoms with van der Waals surface area (Å²) in [5.74, 6) is 1.16. The molecule has 1 aliphatic carbocycles. The van der Waals surface area contributed by atoms with Crippen LogP contribution in [0.15, 0.2) is 55.0 Å². The van der Waals surface area contributed by atoms with E-state index in [0.29, 0.717) is 29.1 Å². The van der Waals surface area contributed by atoms with Crippen molar-refractivity contribution in [2.45, 2.75) is 45.4 Å². The summed E-state index contributed by atoms with van der Waals surface area (Å²) < 4.78 is 6.03. The number of aromatic amines is 1. The molecular formula is C27H27N5O3. The molecule has 5 rings (SSSR count). The number of pyridine rings is 2. The summed E-state index contributed by atoms with van der Waals surface area (Å²) in [6.07, 6.45) is 8.00. The SMILES string of the molecule is CC(C)Oc1cc(CNc2ncccc2C=O)cc(-c2c[nH]c3ncc(C(=O)NC4CC4)cc23)c1. The van der Waals surface area contributed by atoms with Gasteiger partial charge in [-0.1, -0.05) is 0 Å². The second kappa shape index (κ2) is 9.58. The molecule has 178 valence electrons. The maximum Gasteiger partial charge on any atom is 0.253 e. The Kier molecular flexibility index (Phi) is 6.18. The smallest absolute Gasteiger partial charge is 0.253 e. The number of rotatable bonds is 9. The number of nitrogens with zero attached hydrogens (tertiary/aromatic N) is 2. The molecule has 0 bridgehead atoms. The molecule has 0 aliphatic heterocycles. The lowest BCUT2D eigenvalue weighted by atomic mass is 10.0. The highest BCUT2D eigenvalue weighted by molar-refractivity contribution is 6.01. The molecule has 3 aromatic heterocycles. The predicted molar refractivity (Wildman–Crippen MR) is 135 cm³/mol. The van der Waals surface area contributed by atoms with E-state index in [0.717, 1.165) is 47.0 Å². The zero-order valence-corrected chi connectivity index (χ0v) is 19.7. The maximum absolute atomic E-state index is 12.6. The molecule has 0 saturated heterocycles. The second-order valence-corrected chi connectivity index (χ2v) is 9.02. The van der Waals surface area contributed by atoms with E-state index in [2.05, 4.69) is 31.7 Å². The van der Waals surface area contributed by atoms with Gasteiger partial charge in [-0.3, -0.25) is 9.59 Å². The van der Waals surface area contributed by atoms with Crippen LogP contribution in [0.4, 0.5) is 5.82 Å². The van der Waals surface area contributed by atoms with Crippen LogP contribution in [0.25, 0.3) is 22.2 Å². The van der Waals surface area contributed by atoms with E-state index in [-0.39, 0.29) is 18.1 Å². The maximum atomic E-state index is 12.6. The number of carbonyl (C=O) groups excluding carboxylic acids is 2. The van der Waals surface area contributed by atoms with Crippen molar-refractivity contribution in [1.29, 1.82) is 0 Å². The summed E-state index contributed by atoms with van der Waals surface area (Å²) >= 11 is 0. The molecule has 0 unspecified atom stereocenters. The second-order valence-electron chi connectivity index (χ2n) is 9.02. The normalized spacial score (nSPS) is 13.1. The average Bonchev–Trinajstić information content (AvgIpc) is 3.57. The Balaban J connectivity index is 1.49.